The summed E-state index contributed by atoms with van der Waals surface area (Å²) in [6, 6.07) is 28.4. The van der Waals surface area contributed by atoms with E-state index in [-0.39, 0.29) is 36.5 Å². The van der Waals surface area contributed by atoms with Gasteiger partial charge in [-0.3, -0.25) is 0 Å². The van der Waals surface area contributed by atoms with Crippen LogP contribution in [-0.2, 0) is 0 Å². The van der Waals surface area contributed by atoms with Gasteiger partial charge in [0.05, 0.1) is 7.11 Å². The summed E-state index contributed by atoms with van der Waals surface area (Å²) in [7, 11) is -8.07. The molecule has 8 heteroatoms. The zero-order valence-electron chi connectivity index (χ0n) is 58.9. The van der Waals surface area contributed by atoms with Crippen LogP contribution in [0.3, 0.4) is 0 Å². The third kappa shape index (κ3) is 12.7. The van der Waals surface area contributed by atoms with Crippen molar-refractivity contribution in [2.75, 3.05) is 0 Å². The Morgan fingerprint density at radius 1 is 0.265 bits per heavy atom. The average Bonchev–Trinajstić information content (AvgIpc) is 3.36. The maximum absolute atomic E-state index is 2.97. The number of hydrogen-bond donors (Lipinski definition) is 0. The van der Waals surface area contributed by atoms with E-state index in [1.807, 2.05) is 25.9 Å². The van der Waals surface area contributed by atoms with E-state index in [9.17, 15) is 0 Å². The van der Waals surface area contributed by atoms with Gasteiger partial charge in [-0.25, -0.2) is 0 Å². The topological polar surface area (TPSA) is 0 Å². The molecule has 0 aromatic heterocycles. The van der Waals surface area contributed by atoms with Crippen molar-refractivity contribution >= 4 is 88.8 Å². The summed E-state index contributed by atoms with van der Waals surface area (Å²) in [6.45, 7) is 76.9. The maximum atomic E-state index is 2.86. The van der Waals surface area contributed by atoms with Crippen LogP contribution in [0, 0.1) is 0 Å². The van der Waals surface area contributed by atoms with Gasteiger partial charge in [-0.2, -0.15) is 7.35 Å². The molecule has 444 valence electrons. The molecule has 83 heavy (non-hydrogen) atoms. The first-order valence-electron chi connectivity index (χ1n) is 32.9. The van der Waals surface area contributed by atoms with E-state index in [4.69, 9.17) is 0 Å². The van der Waals surface area contributed by atoms with E-state index in [2.05, 4.69) is 268 Å². The Balaban J connectivity index is 0.00000631. The number of benzene rings is 5. The Morgan fingerprint density at radius 2 is 0.446 bits per heavy atom. The van der Waals surface area contributed by atoms with Crippen LogP contribution in [0.15, 0.2) is 60.7 Å². The molecule has 2 heterocycles. The molecule has 0 amide bonds. The van der Waals surface area contributed by atoms with Crippen LogP contribution < -0.4 is 44.8 Å². The number of fused-ring (bicyclic) bond motifs is 1. The average molecular weight is 1260 g/mol. The molecule has 2 aliphatic rings. The Hall–Kier alpha value is -1.46. The fourth-order valence-corrected chi connectivity index (χ4v) is 209. The molecular formula is C75H115GeLiSi6. The minimum atomic E-state index is -2.97. The molecule has 0 bridgehead atoms. The van der Waals surface area contributed by atoms with E-state index in [0.717, 1.165) is 8.55 Å². The van der Waals surface area contributed by atoms with Gasteiger partial charge < -0.3 is 8.55 Å². The van der Waals surface area contributed by atoms with Crippen molar-refractivity contribution < 1.29 is 18.9 Å². The normalized spacial score (nSPS) is 15.8. The van der Waals surface area contributed by atoms with E-state index in [0.29, 0.717) is 88.8 Å². The van der Waals surface area contributed by atoms with Crippen LogP contribution in [0.1, 0.15) is 380 Å². The molecule has 8 radical (unpaired) electrons. The molecule has 2 fully saturated rings. The second-order valence-corrected chi connectivity index (χ2v) is 75.9. The molecule has 0 spiro atoms. The Bertz CT molecular complexity index is 2780. The summed E-state index contributed by atoms with van der Waals surface area (Å²) in [6.07, 6.45) is 0. The summed E-state index contributed by atoms with van der Waals surface area (Å²) < 4.78 is 0. The number of rotatable bonds is 20. The third-order valence-electron chi connectivity index (χ3n) is 19.3. The van der Waals surface area contributed by atoms with Crippen molar-refractivity contribution in [3.05, 3.63) is 144 Å². The Morgan fingerprint density at radius 3 is 0.627 bits per heavy atom. The molecule has 0 atom stereocenters. The molecule has 2 saturated heterocycles. The van der Waals surface area contributed by atoms with Gasteiger partial charge in [-0.05, 0) is 180 Å². The second kappa shape index (κ2) is 27.7. The van der Waals surface area contributed by atoms with Crippen LogP contribution in [0.2, 0.25) is 0 Å². The standard InChI is InChI=1S/C75H115Si6.Ge.Li/c1-41(2)56-31-61(46(11)12)71(62(32-56)47(13)14)77-78-76-80(72-63(48(15)16)33-57(42(3)4)34-64(72)49(17)18,73-65(50(19)20)35-58(43(5)6)36-66(73)51(21)22)79(78)81(77,74-67(52(23)24)37-59(44(7)8)38-68(74)53(25)26)75-69(54(27)28)39-60(45(9)10)40-70(75)55(29)30;;/h31-55H,1-30H3;;/q-1;;+1. The molecule has 0 unspecified atom stereocenters. The van der Waals surface area contributed by atoms with Crippen LogP contribution in [0.5, 0.6) is 0 Å². The SMILES string of the molecule is CC(C)c1cc(C(C)C)c([Si]2[Si]3[Si-][Si](c4c(C(C)C)cc(C(C)C)cc4C(C)C)(c4c(C(C)C)cc(C(C)C)cc4C(C)C)[Si]3[Si]2(c2c(C(C)C)cc(C(C)C)cc2C(C)C)c2c(C(C)C)cc(C(C)C)cc2C(C)C)c(C(C)C)c1.[Ge].[Li+]. The first kappa shape index (κ1) is 72.3. The molecule has 5 aromatic carbocycles. The zero-order valence-corrected chi connectivity index (χ0v) is 67.0. The van der Waals surface area contributed by atoms with Gasteiger partial charge in [0.25, 0.3) is 0 Å². The van der Waals surface area contributed by atoms with E-state index in [1.54, 1.807) is 83.5 Å². The van der Waals surface area contributed by atoms with Crippen LogP contribution in [0.25, 0.3) is 0 Å². The molecule has 0 saturated carbocycles. The summed E-state index contributed by atoms with van der Waals surface area (Å²) in [5, 5.41) is 9.86. The van der Waals surface area contributed by atoms with Gasteiger partial charge in [-0.15, -0.1) is 0 Å². The van der Waals surface area contributed by atoms with Gasteiger partial charge >= 0.3 is 18.9 Å². The van der Waals surface area contributed by atoms with Crippen LogP contribution in [0.4, 0.5) is 0 Å². The minimum Gasteiger partial charge on any atom is -0.428 e. The summed E-state index contributed by atoms with van der Waals surface area (Å²) in [5.74, 6) is 6.59. The third-order valence-corrected chi connectivity index (χ3v) is 129. The first-order chi connectivity index (χ1) is 37.6. The van der Waals surface area contributed by atoms with Crippen LogP contribution in [-0.4, -0.2) is 62.9 Å². The van der Waals surface area contributed by atoms with Crippen molar-refractivity contribution in [1.82, 2.24) is 0 Å². The quantitative estimate of drug-likeness (QED) is 0.0682. The van der Waals surface area contributed by atoms with Crippen LogP contribution >= 0.6 is 0 Å². The molecule has 7 rings (SSSR count). The Kier molecular flexibility index (Phi) is 24.2. The van der Waals surface area contributed by atoms with Gasteiger partial charge in [0.15, 0.2) is 0 Å². The van der Waals surface area contributed by atoms with E-state index >= 15 is 0 Å². The second-order valence-electron chi connectivity index (χ2n) is 30.4. The predicted octanol–water partition coefficient (Wildman–Crippen LogP) is 15.5. The largest absolute Gasteiger partial charge is 1.00 e. The zero-order chi connectivity index (χ0) is 60.7. The monoisotopic (exact) mass is 1260 g/mol. The minimum absolute atomic E-state index is 0. The van der Waals surface area contributed by atoms with Gasteiger partial charge in [0.2, 0.25) is 0 Å². The number of hydrogen-bond acceptors (Lipinski definition) is 0. The van der Waals surface area contributed by atoms with Gasteiger partial charge in [0.1, 0.15) is 0 Å². The maximum Gasteiger partial charge on any atom is 1.00 e. The summed E-state index contributed by atoms with van der Waals surface area (Å²) >= 11 is 0. The van der Waals surface area contributed by atoms with E-state index < -0.39 is 36.7 Å². The molecule has 0 N–H and O–H groups in total. The Labute approximate surface area is 543 Å². The smallest absolute Gasteiger partial charge is 0.428 e. The molecule has 0 aliphatic carbocycles. The van der Waals surface area contributed by atoms with Crippen molar-refractivity contribution in [3.63, 3.8) is 0 Å². The molecule has 5 aromatic rings. The van der Waals surface area contributed by atoms with Gasteiger partial charge in [-0.1, -0.05) is 301 Å². The molecule has 0 nitrogen and oxygen atoms in total. The first-order valence-corrected chi connectivity index (χ1v) is 49.4. The van der Waals surface area contributed by atoms with Crippen molar-refractivity contribution in [1.29, 1.82) is 0 Å². The van der Waals surface area contributed by atoms with Gasteiger partial charge in [0, 0.05) is 25.4 Å². The summed E-state index contributed by atoms with van der Waals surface area (Å²) in [5.41, 5.74) is 25.2. The van der Waals surface area contributed by atoms with Crippen molar-refractivity contribution in [2.45, 2.75) is 296 Å². The molecule has 2 aliphatic heterocycles. The predicted molar refractivity (Wildman–Crippen MR) is 382 cm³/mol. The fraction of sp³-hybridized carbons (Fsp3) is 0.600. The van der Waals surface area contributed by atoms with E-state index in [1.165, 1.54) is 0 Å². The molecular weight excluding hydrogens is 1150 g/mol. The van der Waals surface area contributed by atoms with Crippen molar-refractivity contribution in [3.8, 4) is 0 Å². The fourth-order valence-electron chi connectivity index (χ4n) is 14.6. The summed E-state index contributed by atoms with van der Waals surface area (Å²) in [4.78, 5) is 0. The van der Waals surface area contributed by atoms with Crippen molar-refractivity contribution in [2.24, 2.45) is 0 Å².